The van der Waals surface area contributed by atoms with Crippen molar-refractivity contribution in [1.29, 1.82) is 0 Å². The molecule has 2 rings (SSSR count). The number of aromatic amines is 1. The topological polar surface area (TPSA) is 32.9 Å². The molecular weight excluding hydrogens is 302 g/mol. The van der Waals surface area contributed by atoms with Crippen LogP contribution in [0.15, 0.2) is 35.3 Å². The first-order valence-electron chi connectivity index (χ1n) is 5.05. The van der Waals surface area contributed by atoms with Gasteiger partial charge in [0.2, 0.25) is 0 Å². The molecule has 0 aliphatic carbocycles. The van der Waals surface area contributed by atoms with Gasteiger partial charge in [-0.25, -0.2) is 0 Å². The molecule has 2 nitrogen and oxygen atoms in total. The second kappa shape index (κ2) is 4.90. The van der Waals surface area contributed by atoms with E-state index in [0.717, 1.165) is 12.3 Å². The maximum Gasteiger partial charge on any atom is 0.431 e. The van der Waals surface area contributed by atoms with Gasteiger partial charge in [0.15, 0.2) is 5.43 Å². The van der Waals surface area contributed by atoms with Gasteiger partial charge in [-0.15, -0.1) is 0 Å². The molecule has 0 saturated heterocycles. The third kappa shape index (κ3) is 2.77. The predicted molar refractivity (Wildman–Crippen MR) is 67.5 cm³/mol. The average Bonchev–Trinajstić information content (AvgIpc) is 2.28. The molecular formula is C12H6Cl2F3NO. The first kappa shape index (κ1) is 14.0. The molecule has 19 heavy (non-hydrogen) atoms. The molecule has 0 amide bonds. The Balaban J connectivity index is 2.78. The van der Waals surface area contributed by atoms with Crippen LogP contribution in [0.4, 0.5) is 13.2 Å². The van der Waals surface area contributed by atoms with Crippen molar-refractivity contribution < 1.29 is 13.2 Å². The van der Waals surface area contributed by atoms with Gasteiger partial charge in [0.1, 0.15) is 5.69 Å². The summed E-state index contributed by atoms with van der Waals surface area (Å²) < 4.78 is 38.7. The van der Waals surface area contributed by atoms with E-state index in [1.807, 2.05) is 4.98 Å². The van der Waals surface area contributed by atoms with E-state index in [9.17, 15) is 18.0 Å². The Kier molecular flexibility index (Phi) is 3.60. The number of halogens is 5. The molecule has 1 aromatic heterocycles. The van der Waals surface area contributed by atoms with Gasteiger partial charge in [-0.05, 0) is 12.1 Å². The van der Waals surface area contributed by atoms with Gasteiger partial charge in [-0.2, -0.15) is 13.2 Å². The molecule has 100 valence electrons. The molecule has 1 aromatic carbocycles. The minimum atomic E-state index is -4.68. The summed E-state index contributed by atoms with van der Waals surface area (Å²) in [5.74, 6) is 0. The van der Waals surface area contributed by atoms with Crippen molar-refractivity contribution >= 4 is 23.2 Å². The van der Waals surface area contributed by atoms with Crippen LogP contribution in [0.2, 0.25) is 10.0 Å². The first-order valence-corrected chi connectivity index (χ1v) is 5.80. The third-order valence-corrected chi connectivity index (χ3v) is 2.99. The van der Waals surface area contributed by atoms with E-state index in [1.165, 1.54) is 18.2 Å². The zero-order chi connectivity index (χ0) is 14.2. The summed E-state index contributed by atoms with van der Waals surface area (Å²) in [6.45, 7) is 0. The van der Waals surface area contributed by atoms with Crippen molar-refractivity contribution in [3.8, 4) is 11.1 Å². The Hall–Kier alpha value is -1.46. The van der Waals surface area contributed by atoms with E-state index in [1.54, 1.807) is 0 Å². The Labute approximate surface area is 115 Å². The van der Waals surface area contributed by atoms with Gasteiger partial charge in [-0.3, -0.25) is 4.79 Å². The lowest BCUT2D eigenvalue weighted by atomic mass is 10.0. The predicted octanol–water partition coefficient (Wildman–Crippen LogP) is 4.37. The number of hydrogen-bond acceptors (Lipinski definition) is 1. The molecule has 0 saturated carbocycles. The van der Waals surface area contributed by atoms with Crippen LogP contribution in [-0.2, 0) is 6.18 Å². The largest absolute Gasteiger partial charge is 0.431 e. The second-order valence-electron chi connectivity index (χ2n) is 3.71. The molecule has 0 bridgehead atoms. The lowest BCUT2D eigenvalue weighted by Gasteiger charge is -2.13. The van der Waals surface area contributed by atoms with E-state index >= 15 is 0 Å². The number of benzene rings is 1. The van der Waals surface area contributed by atoms with Crippen LogP contribution in [0.3, 0.4) is 0 Å². The first-order chi connectivity index (χ1) is 8.80. The van der Waals surface area contributed by atoms with Crippen molar-refractivity contribution in [3.63, 3.8) is 0 Å². The minimum absolute atomic E-state index is 0.0137. The van der Waals surface area contributed by atoms with E-state index in [-0.39, 0.29) is 15.6 Å². The highest BCUT2D eigenvalue weighted by atomic mass is 35.5. The van der Waals surface area contributed by atoms with Crippen molar-refractivity contribution in [1.82, 2.24) is 4.98 Å². The Morgan fingerprint density at radius 3 is 2.37 bits per heavy atom. The minimum Gasteiger partial charge on any atom is -0.357 e. The normalized spacial score (nSPS) is 11.6. The highest BCUT2D eigenvalue weighted by Crippen LogP contribution is 2.36. The van der Waals surface area contributed by atoms with Gasteiger partial charge in [-0.1, -0.05) is 29.3 Å². The Bertz CT molecular complexity index is 679. The molecule has 0 unspecified atom stereocenters. The number of pyridine rings is 1. The summed E-state index contributed by atoms with van der Waals surface area (Å²) in [7, 11) is 0. The standard InChI is InChI=1S/C12H6Cl2F3NO/c13-6-1-2-7(8(14)5-6)10-9(19)3-4-18-11(10)12(15,16)17/h1-5H,(H,18,19). The molecule has 1 heterocycles. The third-order valence-electron chi connectivity index (χ3n) is 2.44. The molecule has 0 aliphatic rings. The van der Waals surface area contributed by atoms with Gasteiger partial charge in [0.25, 0.3) is 0 Å². The molecule has 7 heteroatoms. The van der Waals surface area contributed by atoms with Crippen molar-refractivity contribution in [2.75, 3.05) is 0 Å². The van der Waals surface area contributed by atoms with Crippen LogP contribution in [0.1, 0.15) is 5.69 Å². The molecule has 2 aromatic rings. The molecule has 0 fully saturated rings. The van der Waals surface area contributed by atoms with E-state index in [0.29, 0.717) is 0 Å². The van der Waals surface area contributed by atoms with Crippen LogP contribution >= 0.6 is 23.2 Å². The molecule has 0 atom stereocenters. The highest BCUT2D eigenvalue weighted by molar-refractivity contribution is 6.36. The number of nitrogens with one attached hydrogen (secondary N) is 1. The summed E-state index contributed by atoms with van der Waals surface area (Å²) in [6, 6.07) is 4.94. The quantitative estimate of drug-likeness (QED) is 0.834. The van der Waals surface area contributed by atoms with Crippen LogP contribution in [0, 0.1) is 0 Å². The monoisotopic (exact) mass is 307 g/mol. The van der Waals surface area contributed by atoms with Gasteiger partial charge in [0.05, 0.1) is 10.6 Å². The fraction of sp³-hybridized carbons (Fsp3) is 0.0833. The van der Waals surface area contributed by atoms with E-state index in [2.05, 4.69) is 0 Å². The Morgan fingerprint density at radius 2 is 1.79 bits per heavy atom. The molecule has 1 N–H and O–H groups in total. The number of hydrogen-bond donors (Lipinski definition) is 1. The molecule has 0 aliphatic heterocycles. The number of H-pyrrole nitrogens is 1. The van der Waals surface area contributed by atoms with E-state index < -0.39 is 22.9 Å². The van der Waals surface area contributed by atoms with Crippen LogP contribution in [0.5, 0.6) is 0 Å². The summed E-state index contributed by atoms with van der Waals surface area (Å²) in [6.07, 6.45) is -3.74. The lowest BCUT2D eigenvalue weighted by molar-refractivity contribution is -0.140. The molecule has 0 spiro atoms. The maximum atomic E-state index is 12.9. The second-order valence-corrected chi connectivity index (χ2v) is 4.56. The van der Waals surface area contributed by atoms with Crippen molar-refractivity contribution in [2.45, 2.75) is 6.18 Å². The fourth-order valence-corrected chi connectivity index (χ4v) is 2.17. The van der Waals surface area contributed by atoms with Crippen molar-refractivity contribution in [2.24, 2.45) is 0 Å². The smallest absolute Gasteiger partial charge is 0.357 e. The lowest BCUT2D eigenvalue weighted by Crippen LogP contribution is -2.17. The number of rotatable bonds is 1. The summed E-state index contributed by atoms with van der Waals surface area (Å²) in [5, 5.41) is 0.254. The summed E-state index contributed by atoms with van der Waals surface area (Å²) >= 11 is 11.5. The average molecular weight is 308 g/mol. The zero-order valence-electron chi connectivity index (χ0n) is 9.18. The SMILES string of the molecule is O=c1cc[nH]c(C(F)(F)F)c1-c1ccc(Cl)cc1Cl. The van der Waals surface area contributed by atoms with Gasteiger partial charge < -0.3 is 4.98 Å². The van der Waals surface area contributed by atoms with E-state index in [4.69, 9.17) is 23.2 Å². The van der Waals surface area contributed by atoms with Crippen LogP contribution < -0.4 is 5.43 Å². The number of aromatic nitrogens is 1. The maximum absolute atomic E-state index is 12.9. The highest BCUT2D eigenvalue weighted by Gasteiger charge is 2.36. The van der Waals surface area contributed by atoms with Gasteiger partial charge in [0, 0.05) is 22.8 Å². The Morgan fingerprint density at radius 1 is 1.11 bits per heavy atom. The van der Waals surface area contributed by atoms with Crippen LogP contribution in [-0.4, -0.2) is 4.98 Å². The summed E-state index contributed by atoms with van der Waals surface area (Å²) in [5.41, 5.74) is -2.43. The van der Waals surface area contributed by atoms with Crippen molar-refractivity contribution in [3.05, 3.63) is 56.4 Å². The molecule has 0 radical (unpaired) electrons. The fourth-order valence-electron chi connectivity index (χ4n) is 1.66. The zero-order valence-corrected chi connectivity index (χ0v) is 10.7. The van der Waals surface area contributed by atoms with Crippen LogP contribution in [0.25, 0.3) is 11.1 Å². The number of alkyl halides is 3. The summed E-state index contributed by atoms with van der Waals surface area (Å²) in [4.78, 5) is 13.8. The van der Waals surface area contributed by atoms with Gasteiger partial charge >= 0.3 is 6.18 Å².